The smallest absolute Gasteiger partial charge is 0.182 e. The summed E-state index contributed by atoms with van der Waals surface area (Å²) < 4.78 is 93.5. The summed E-state index contributed by atoms with van der Waals surface area (Å²) >= 11 is 7.73. The van der Waals surface area contributed by atoms with Crippen molar-refractivity contribution >= 4 is 33.7 Å². The number of alkyl halides is 5. The van der Waals surface area contributed by atoms with Crippen molar-refractivity contribution in [1.29, 1.82) is 0 Å². The second kappa shape index (κ2) is 2.94. The standard InChI is InChI=1S/C2Cl2F8O2S/c3-1(5,6)2(4,7)13-14-15(8,9,10,11)12. The fourth-order valence-corrected chi connectivity index (χ4v) is 0.477. The third-order valence-corrected chi connectivity index (χ3v) is 1.56. The Morgan fingerprint density at radius 1 is 0.867 bits per heavy atom. The van der Waals surface area contributed by atoms with Gasteiger partial charge in [-0.15, -0.1) is 0 Å². The lowest BCUT2D eigenvalue weighted by Gasteiger charge is -2.38. The van der Waals surface area contributed by atoms with Crippen LogP contribution in [0.2, 0.25) is 0 Å². The predicted octanol–water partition coefficient (Wildman–Crippen LogP) is 4.84. The normalized spacial score (nSPS) is 22.8. The first kappa shape index (κ1) is 15.3. The van der Waals surface area contributed by atoms with Gasteiger partial charge in [0, 0.05) is 0 Å². The van der Waals surface area contributed by atoms with E-state index in [1.165, 1.54) is 4.33 Å². The molecular formula is C2Cl2F8O2S. The molecule has 0 aliphatic carbocycles. The van der Waals surface area contributed by atoms with E-state index in [9.17, 15) is 32.6 Å². The Morgan fingerprint density at radius 2 is 1.20 bits per heavy atom. The molecule has 0 N–H and O–H groups in total. The second-order valence-electron chi connectivity index (χ2n) is 2.06. The molecule has 0 saturated carbocycles. The van der Waals surface area contributed by atoms with E-state index in [2.05, 4.69) is 28.1 Å². The number of hydrogen-bond donors (Lipinski definition) is 0. The van der Waals surface area contributed by atoms with Crippen molar-refractivity contribution in [3.8, 4) is 0 Å². The van der Waals surface area contributed by atoms with E-state index in [1.54, 1.807) is 0 Å². The average Bonchev–Trinajstić information content (AvgIpc) is 1.76. The fraction of sp³-hybridized carbons (Fsp3) is 1.00. The van der Waals surface area contributed by atoms with Gasteiger partial charge < -0.3 is 0 Å². The number of hydrogen-bond acceptors (Lipinski definition) is 2. The van der Waals surface area contributed by atoms with Crippen LogP contribution in [0.3, 0.4) is 0 Å². The first-order chi connectivity index (χ1) is 5.93. The molecule has 0 fully saturated rings. The Balaban J connectivity index is 4.71. The first-order valence-corrected chi connectivity index (χ1v) is 5.14. The minimum atomic E-state index is -10.7. The summed E-state index contributed by atoms with van der Waals surface area (Å²) in [6, 6.07) is 0. The van der Waals surface area contributed by atoms with Gasteiger partial charge in [-0.3, -0.25) is 0 Å². The van der Waals surface area contributed by atoms with Gasteiger partial charge in [0.2, 0.25) is 0 Å². The molecule has 0 aromatic rings. The Bertz CT molecular complexity index is 252. The van der Waals surface area contributed by atoms with Gasteiger partial charge in [0.25, 0.3) is 0 Å². The molecule has 96 valence electrons. The molecule has 15 heavy (non-hydrogen) atoms. The summed E-state index contributed by atoms with van der Waals surface area (Å²) in [6.07, 6.45) is 0. The maximum Gasteiger partial charge on any atom is 0.422 e. The lowest BCUT2D eigenvalue weighted by atomic mass is 10.7. The molecule has 2 nitrogen and oxygen atoms in total. The van der Waals surface area contributed by atoms with Gasteiger partial charge in [0.05, 0.1) is 0 Å². The monoisotopic (exact) mass is 310 g/mol. The van der Waals surface area contributed by atoms with Crippen LogP contribution in [0.1, 0.15) is 0 Å². The Labute approximate surface area is 86.9 Å². The topological polar surface area (TPSA) is 18.5 Å². The second-order valence-corrected chi connectivity index (χ2v) is 4.96. The Kier molecular flexibility index (Phi) is 3.00. The maximum absolute atomic E-state index is 12.2. The molecular weight excluding hydrogens is 311 g/mol. The van der Waals surface area contributed by atoms with E-state index in [0.717, 1.165) is 0 Å². The predicted molar refractivity (Wildman–Crippen MR) is 35.8 cm³/mol. The molecule has 0 aromatic heterocycles. The van der Waals surface area contributed by atoms with Crippen LogP contribution in [-0.4, -0.2) is 10.7 Å². The van der Waals surface area contributed by atoms with Gasteiger partial charge in [0.1, 0.15) is 0 Å². The van der Waals surface area contributed by atoms with Crippen molar-refractivity contribution in [2.45, 2.75) is 10.7 Å². The maximum atomic E-state index is 12.2. The van der Waals surface area contributed by atoms with Gasteiger partial charge >= 0.3 is 21.2 Å². The van der Waals surface area contributed by atoms with Crippen LogP contribution >= 0.6 is 33.7 Å². The van der Waals surface area contributed by atoms with Gasteiger partial charge in [0.15, 0.2) is 0 Å². The van der Waals surface area contributed by atoms with Crippen LogP contribution < -0.4 is 0 Å². The molecule has 0 aliphatic heterocycles. The van der Waals surface area contributed by atoms with Gasteiger partial charge in [-0.2, -0.15) is 18.1 Å². The van der Waals surface area contributed by atoms with E-state index in [1.807, 2.05) is 0 Å². The molecule has 0 aromatic carbocycles. The summed E-state index contributed by atoms with van der Waals surface area (Å²) in [4.78, 5) is 2.06. The highest BCUT2D eigenvalue weighted by atomic mass is 35.5. The average molecular weight is 311 g/mol. The molecule has 0 amide bonds. The van der Waals surface area contributed by atoms with Crippen LogP contribution in [0.5, 0.6) is 0 Å². The highest BCUT2D eigenvalue weighted by Gasteiger charge is 2.70. The minimum Gasteiger partial charge on any atom is -0.182 e. The molecule has 1 atom stereocenters. The summed E-state index contributed by atoms with van der Waals surface area (Å²) in [5, 5.41) is -10.3. The van der Waals surface area contributed by atoms with E-state index in [4.69, 9.17) is 0 Å². The van der Waals surface area contributed by atoms with Gasteiger partial charge in [-0.1, -0.05) is 23.8 Å². The van der Waals surface area contributed by atoms with Crippen molar-refractivity contribution in [1.82, 2.24) is 0 Å². The van der Waals surface area contributed by atoms with E-state index < -0.39 is 21.2 Å². The SMILES string of the molecule is FC(F)(Cl)C(F)(Cl)OOS(F)(F)(F)(F)F. The van der Waals surface area contributed by atoms with Crippen molar-refractivity contribution in [2.24, 2.45) is 0 Å². The third kappa shape index (κ3) is 6.45. The highest BCUT2D eigenvalue weighted by molar-refractivity contribution is 8.42. The van der Waals surface area contributed by atoms with E-state index in [0.29, 0.717) is 0 Å². The largest absolute Gasteiger partial charge is 0.422 e. The third-order valence-electron chi connectivity index (χ3n) is 0.597. The zero-order valence-electron chi connectivity index (χ0n) is 6.00. The molecule has 0 rings (SSSR count). The van der Waals surface area contributed by atoms with Crippen molar-refractivity contribution < 1.29 is 41.8 Å². The minimum absolute atomic E-state index is 1.41. The van der Waals surface area contributed by atoms with Crippen molar-refractivity contribution in [3.05, 3.63) is 0 Å². The molecule has 0 saturated heterocycles. The Morgan fingerprint density at radius 3 is 1.40 bits per heavy atom. The summed E-state index contributed by atoms with van der Waals surface area (Å²) in [5.74, 6) is 0. The van der Waals surface area contributed by atoms with Crippen LogP contribution in [0, 0.1) is 0 Å². The van der Waals surface area contributed by atoms with E-state index >= 15 is 0 Å². The molecule has 13 heteroatoms. The van der Waals surface area contributed by atoms with Crippen LogP contribution in [0.4, 0.5) is 32.6 Å². The van der Waals surface area contributed by atoms with Gasteiger partial charge in [-0.05, 0) is 23.2 Å². The van der Waals surface area contributed by atoms with Crippen LogP contribution in [0.15, 0.2) is 0 Å². The lowest BCUT2D eigenvalue weighted by Crippen LogP contribution is -2.38. The number of halogens is 10. The summed E-state index contributed by atoms with van der Waals surface area (Å²) in [5.41, 5.74) is 0. The molecule has 0 aliphatic rings. The quantitative estimate of drug-likeness (QED) is 0.320. The molecule has 1 unspecified atom stereocenters. The van der Waals surface area contributed by atoms with Crippen molar-refractivity contribution in [3.63, 3.8) is 0 Å². The molecule has 0 spiro atoms. The van der Waals surface area contributed by atoms with Crippen LogP contribution in [-0.2, 0) is 9.22 Å². The molecule has 0 bridgehead atoms. The zero-order valence-corrected chi connectivity index (χ0v) is 8.33. The highest BCUT2D eigenvalue weighted by Crippen LogP contribution is 2.98. The summed E-state index contributed by atoms with van der Waals surface area (Å²) in [6.45, 7) is 0. The zero-order chi connectivity index (χ0) is 12.8. The lowest BCUT2D eigenvalue weighted by molar-refractivity contribution is -0.356. The fourth-order valence-electron chi connectivity index (χ4n) is 0.154. The van der Waals surface area contributed by atoms with Crippen molar-refractivity contribution in [2.75, 3.05) is 0 Å². The number of rotatable bonds is 4. The molecule has 0 radical (unpaired) electrons. The Hall–Kier alpha value is 0.290. The molecule has 0 heterocycles. The first-order valence-electron chi connectivity index (χ1n) is 2.50. The van der Waals surface area contributed by atoms with E-state index in [-0.39, 0.29) is 0 Å². The summed E-state index contributed by atoms with van der Waals surface area (Å²) in [7, 11) is -10.7. The van der Waals surface area contributed by atoms with Crippen LogP contribution in [0.25, 0.3) is 0 Å². The van der Waals surface area contributed by atoms with Gasteiger partial charge in [-0.25, -0.2) is 0 Å².